The number of carbonyl (C=O) groups excluding carboxylic acids is 1. The molecule has 0 fully saturated rings. The Morgan fingerprint density at radius 3 is 2.45 bits per heavy atom. The standard InChI is InChI=1S/C14H11F3N2O/c15-9-2-1-8(11(16)6-9)5-14(20)19-13-4-3-10(18)7-12(13)17/h1-4,6-7H,5,18H2,(H,19,20). The highest BCUT2D eigenvalue weighted by atomic mass is 19.1. The maximum Gasteiger partial charge on any atom is 0.228 e. The summed E-state index contributed by atoms with van der Waals surface area (Å²) in [6, 6.07) is 6.71. The Morgan fingerprint density at radius 2 is 1.80 bits per heavy atom. The van der Waals surface area contributed by atoms with Gasteiger partial charge in [0.2, 0.25) is 5.91 Å². The Labute approximate surface area is 113 Å². The highest BCUT2D eigenvalue weighted by Crippen LogP contribution is 2.17. The van der Waals surface area contributed by atoms with Crippen LogP contribution in [0.2, 0.25) is 0 Å². The van der Waals surface area contributed by atoms with Crippen LogP contribution >= 0.6 is 0 Å². The molecule has 0 saturated carbocycles. The molecular weight excluding hydrogens is 269 g/mol. The number of benzene rings is 2. The molecule has 0 aliphatic heterocycles. The lowest BCUT2D eigenvalue weighted by Crippen LogP contribution is -2.16. The summed E-state index contributed by atoms with van der Waals surface area (Å²) in [5.74, 6) is -2.84. The minimum atomic E-state index is -0.821. The molecular formula is C14H11F3N2O. The van der Waals surface area contributed by atoms with Crippen LogP contribution in [0.5, 0.6) is 0 Å². The van der Waals surface area contributed by atoms with Gasteiger partial charge in [-0.25, -0.2) is 13.2 Å². The fraction of sp³-hybridized carbons (Fsp3) is 0.0714. The number of rotatable bonds is 3. The molecule has 2 aromatic rings. The van der Waals surface area contributed by atoms with Crippen molar-refractivity contribution in [3.63, 3.8) is 0 Å². The molecule has 0 bridgehead atoms. The Hall–Kier alpha value is -2.50. The number of nitrogen functional groups attached to an aromatic ring is 1. The number of anilines is 2. The maximum atomic E-state index is 13.5. The normalized spacial score (nSPS) is 10.3. The lowest BCUT2D eigenvalue weighted by atomic mass is 10.1. The van der Waals surface area contributed by atoms with Crippen LogP contribution in [-0.2, 0) is 11.2 Å². The van der Waals surface area contributed by atoms with E-state index >= 15 is 0 Å². The predicted octanol–water partition coefficient (Wildman–Crippen LogP) is 2.87. The second kappa shape index (κ2) is 5.64. The molecule has 0 radical (unpaired) electrons. The van der Waals surface area contributed by atoms with Crippen molar-refractivity contribution in [1.82, 2.24) is 0 Å². The van der Waals surface area contributed by atoms with Gasteiger partial charge in [0.15, 0.2) is 0 Å². The number of hydrogen-bond donors (Lipinski definition) is 2. The Morgan fingerprint density at radius 1 is 1.05 bits per heavy atom. The summed E-state index contributed by atoms with van der Waals surface area (Å²) < 4.78 is 39.6. The van der Waals surface area contributed by atoms with Gasteiger partial charge in [0.1, 0.15) is 17.5 Å². The second-order valence-corrected chi connectivity index (χ2v) is 4.20. The first-order chi connectivity index (χ1) is 9.45. The van der Waals surface area contributed by atoms with E-state index in [4.69, 9.17) is 5.73 Å². The van der Waals surface area contributed by atoms with E-state index in [-0.39, 0.29) is 23.4 Å². The molecule has 2 aromatic carbocycles. The van der Waals surface area contributed by atoms with E-state index in [1.165, 1.54) is 18.2 Å². The molecule has 0 aromatic heterocycles. The smallest absolute Gasteiger partial charge is 0.228 e. The Balaban J connectivity index is 2.09. The first-order valence-electron chi connectivity index (χ1n) is 5.74. The van der Waals surface area contributed by atoms with Crippen molar-refractivity contribution in [2.75, 3.05) is 11.1 Å². The molecule has 0 saturated heterocycles. The average molecular weight is 280 g/mol. The third kappa shape index (κ3) is 3.28. The van der Waals surface area contributed by atoms with E-state index in [9.17, 15) is 18.0 Å². The summed E-state index contributed by atoms with van der Waals surface area (Å²) in [5.41, 5.74) is 5.58. The van der Waals surface area contributed by atoms with E-state index in [2.05, 4.69) is 5.32 Å². The summed E-state index contributed by atoms with van der Waals surface area (Å²) in [7, 11) is 0. The zero-order valence-electron chi connectivity index (χ0n) is 10.3. The van der Waals surface area contributed by atoms with Gasteiger partial charge in [-0.05, 0) is 29.8 Å². The fourth-order valence-corrected chi connectivity index (χ4v) is 1.67. The average Bonchev–Trinajstić information content (AvgIpc) is 2.36. The first kappa shape index (κ1) is 13.9. The molecule has 0 spiro atoms. The van der Waals surface area contributed by atoms with Crippen molar-refractivity contribution in [2.24, 2.45) is 0 Å². The van der Waals surface area contributed by atoms with Crippen LogP contribution in [0.25, 0.3) is 0 Å². The Kier molecular flexibility index (Phi) is 3.93. The van der Waals surface area contributed by atoms with E-state index < -0.39 is 23.4 Å². The van der Waals surface area contributed by atoms with Gasteiger partial charge >= 0.3 is 0 Å². The van der Waals surface area contributed by atoms with E-state index in [0.29, 0.717) is 6.07 Å². The van der Waals surface area contributed by atoms with Crippen molar-refractivity contribution in [3.8, 4) is 0 Å². The monoisotopic (exact) mass is 280 g/mol. The van der Waals surface area contributed by atoms with Crippen molar-refractivity contribution < 1.29 is 18.0 Å². The van der Waals surface area contributed by atoms with Crippen LogP contribution in [0.1, 0.15) is 5.56 Å². The van der Waals surface area contributed by atoms with Crippen molar-refractivity contribution in [1.29, 1.82) is 0 Å². The third-order valence-electron chi connectivity index (χ3n) is 2.63. The maximum absolute atomic E-state index is 13.5. The first-order valence-corrected chi connectivity index (χ1v) is 5.74. The van der Waals surface area contributed by atoms with Crippen molar-refractivity contribution >= 4 is 17.3 Å². The molecule has 104 valence electrons. The highest BCUT2D eigenvalue weighted by Gasteiger charge is 2.11. The van der Waals surface area contributed by atoms with Crippen LogP contribution in [0, 0.1) is 17.5 Å². The molecule has 0 heterocycles. The molecule has 0 unspecified atom stereocenters. The quantitative estimate of drug-likeness (QED) is 0.849. The predicted molar refractivity (Wildman–Crippen MR) is 69.5 cm³/mol. The van der Waals surface area contributed by atoms with Crippen LogP contribution in [0.15, 0.2) is 36.4 Å². The summed E-state index contributed by atoms with van der Waals surface area (Å²) in [6.45, 7) is 0. The summed E-state index contributed by atoms with van der Waals surface area (Å²) in [6.07, 6.45) is -0.323. The topological polar surface area (TPSA) is 55.1 Å². The fourth-order valence-electron chi connectivity index (χ4n) is 1.67. The SMILES string of the molecule is Nc1ccc(NC(=O)Cc2ccc(F)cc2F)c(F)c1. The second-order valence-electron chi connectivity index (χ2n) is 4.20. The summed E-state index contributed by atoms with van der Waals surface area (Å²) in [5, 5.41) is 2.30. The third-order valence-corrected chi connectivity index (χ3v) is 2.63. The molecule has 1 amide bonds. The summed E-state index contributed by atoms with van der Waals surface area (Å²) >= 11 is 0. The van der Waals surface area contributed by atoms with Gasteiger partial charge in [-0.15, -0.1) is 0 Å². The van der Waals surface area contributed by atoms with E-state index in [1.807, 2.05) is 0 Å². The summed E-state index contributed by atoms with van der Waals surface area (Å²) in [4.78, 5) is 11.7. The van der Waals surface area contributed by atoms with Crippen molar-refractivity contribution in [3.05, 3.63) is 59.4 Å². The lowest BCUT2D eigenvalue weighted by Gasteiger charge is -2.07. The zero-order valence-corrected chi connectivity index (χ0v) is 10.3. The molecule has 2 rings (SSSR count). The minimum absolute atomic E-state index is 0.0275. The number of amides is 1. The molecule has 6 heteroatoms. The van der Waals surface area contributed by atoms with Crippen LogP contribution in [0.4, 0.5) is 24.5 Å². The van der Waals surface area contributed by atoms with Gasteiger partial charge in [-0.3, -0.25) is 4.79 Å². The minimum Gasteiger partial charge on any atom is -0.399 e. The van der Waals surface area contributed by atoms with Gasteiger partial charge in [0.25, 0.3) is 0 Å². The molecule has 20 heavy (non-hydrogen) atoms. The van der Waals surface area contributed by atoms with Gasteiger partial charge < -0.3 is 11.1 Å². The molecule has 0 aliphatic rings. The van der Waals surface area contributed by atoms with Crippen LogP contribution in [-0.4, -0.2) is 5.91 Å². The van der Waals surface area contributed by atoms with E-state index in [0.717, 1.165) is 12.1 Å². The number of nitrogens with one attached hydrogen (secondary N) is 1. The van der Waals surface area contributed by atoms with Gasteiger partial charge in [-0.1, -0.05) is 6.07 Å². The molecule has 0 aliphatic carbocycles. The lowest BCUT2D eigenvalue weighted by molar-refractivity contribution is -0.115. The van der Waals surface area contributed by atoms with Gasteiger partial charge in [-0.2, -0.15) is 0 Å². The largest absolute Gasteiger partial charge is 0.399 e. The molecule has 3 nitrogen and oxygen atoms in total. The van der Waals surface area contributed by atoms with Crippen LogP contribution in [0.3, 0.4) is 0 Å². The number of nitrogens with two attached hydrogens (primary N) is 1. The Bertz CT molecular complexity index is 603. The molecule has 3 N–H and O–H groups in total. The highest BCUT2D eigenvalue weighted by molar-refractivity contribution is 5.92. The number of halogens is 3. The van der Waals surface area contributed by atoms with Gasteiger partial charge in [0, 0.05) is 11.8 Å². The number of hydrogen-bond acceptors (Lipinski definition) is 2. The van der Waals surface area contributed by atoms with Crippen molar-refractivity contribution in [2.45, 2.75) is 6.42 Å². The number of carbonyl (C=O) groups is 1. The molecule has 0 atom stereocenters. The van der Waals surface area contributed by atoms with E-state index in [1.54, 1.807) is 0 Å². The van der Waals surface area contributed by atoms with Crippen LogP contribution < -0.4 is 11.1 Å². The van der Waals surface area contributed by atoms with Gasteiger partial charge in [0.05, 0.1) is 12.1 Å². The zero-order chi connectivity index (χ0) is 14.7.